The standard InChI is InChI=1S/C33H24N4O3S/c1-40-27-9-4-10-28(19-27)41(38,39)37-31-13-11-24(22-6-2-5-21(15-22)20-34)17-29(31)30-18-25(12-14-32(30)37)23-7-3-8-26(16-23)33(35)36/h2-19H,1H3,(H3,35,36). The Morgan fingerprint density at radius 2 is 1.37 bits per heavy atom. The first kappa shape index (κ1) is 25.9. The van der Waals surface area contributed by atoms with Crippen LogP contribution < -0.4 is 10.5 Å². The number of aromatic nitrogens is 1. The lowest BCUT2D eigenvalue weighted by Crippen LogP contribution is -2.12. The first-order valence-corrected chi connectivity index (χ1v) is 14.2. The Balaban J connectivity index is 1.65. The zero-order chi connectivity index (χ0) is 28.7. The Morgan fingerprint density at radius 3 is 1.98 bits per heavy atom. The number of methoxy groups -OCH3 is 1. The van der Waals surface area contributed by atoms with Crippen molar-refractivity contribution in [3.05, 3.63) is 120 Å². The van der Waals surface area contributed by atoms with Crippen LogP contribution in [-0.4, -0.2) is 25.3 Å². The lowest BCUT2D eigenvalue weighted by atomic mass is 9.98. The molecule has 7 nitrogen and oxygen atoms in total. The fourth-order valence-corrected chi connectivity index (χ4v) is 6.67. The summed E-state index contributed by atoms with van der Waals surface area (Å²) in [6, 6.07) is 34.6. The molecule has 5 aromatic carbocycles. The van der Waals surface area contributed by atoms with Crippen LogP contribution in [0.5, 0.6) is 5.75 Å². The molecule has 200 valence electrons. The van der Waals surface area contributed by atoms with Gasteiger partial charge in [-0.15, -0.1) is 0 Å². The number of nitrogens with two attached hydrogens (primary N) is 1. The van der Waals surface area contributed by atoms with Gasteiger partial charge in [0.2, 0.25) is 0 Å². The molecule has 6 rings (SSSR count). The Labute approximate surface area is 237 Å². The minimum Gasteiger partial charge on any atom is -0.497 e. The molecule has 0 aliphatic carbocycles. The van der Waals surface area contributed by atoms with E-state index in [0.29, 0.717) is 27.9 Å². The van der Waals surface area contributed by atoms with Crippen LogP contribution in [-0.2, 0) is 10.0 Å². The molecule has 41 heavy (non-hydrogen) atoms. The fraction of sp³-hybridized carbons (Fsp3) is 0.0303. The molecule has 1 aromatic heterocycles. The monoisotopic (exact) mass is 556 g/mol. The highest BCUT2D eigenvalue weighted by Gasteiger charge is 2.24. The van der Waals surface area contributed by atoms with Gasteiger partial charge in [-0.3, -0.25) is 5.41 Å². The molecule has 0 saturated heterocycles. The molecule has 0 aliphatic heterocycles. The van der Waals surface area contributed by atoms with E-state index < -0.39 is 10.0 Å². The van der Waals surface area contributed by atoms with Crippen LogP contribution in [0.4, 0.5) is 0 Å². The third kappa shape index (κ3) is 4.48. The minimum absolute atomic E-state index is 0.0295. The van der Waals surface area contributed by atoms with E-state index in [1.807, 2.05) is 60.7 Å². The van der Waals surface area contributed by atoms with Crippen molar-refractivity contribution in [3.8, 4) is 34.1 Å². The topological polar surface area (TPSA) is 122 Å². The Kier molecular flexibility index (Phi) is 6.29. The number of ether oxygens (including phenoxy) is 1. The van der Waals surface area contributed by atoms with Gasteiger partial charge in [0.05, 0.1) is 34.7 Å². The highest BCUT2D eigenvalue weighted by molar-refractivity contribution is 7.90. The van der Waals surface area contributed by atoms with E-state index in [0.717, 1.165) is 33.0 Å². The van der Waals surface area contributed by atoms with Crippen LogP contribution in [0, 0.1) is 16.7 Å². The smallest absolute Gasteiger partial charge is 0.268 e. The van der Waals surface area contributed by atoms with Gasteiger partial charge in [-0.05, 0) is 76.9 Å². The number of amidine groups is 1. The predicted octanol–water partition coefficient (Wildman–Crippen LogP) is 6.53. The number of hydrogen-bond acceptors (Lipinski definition) is 5. The maximum Gasteiger partial charge on any atom is 0.268 e. The molecular weight excluding hydrogens is 532 g/mol. The third-order valence-electron chi connectivity index (χ3n) is 7.13. The number of nitriles is 1. The summed E-state index contributed by atoms with van der Waals surface area (Å²) in [5.74, 6) is 0.414. The molecule has 0 bridgehead atoms. The lowest BCUT2D eigenvalue weighted by molar-refractivity contribution is 0.413. The molecule has 6 aromatic rings. The normalized spacial score (nSPS) is 11.4. The number of nitrogen functional groups attached to an aromatic ring is 1. The number of fused-ring (bicyclic) bond motifs is 3. The Morgan fingerprint density at radius 1 is 0.780 bits per heavy atom. The minimum atomic E-state index is -4.02. The second kappa shape index (κ2) is 9.97. The number of rotatable bonds is 6. The largest absolute Gasteiger partial charge is 0.497 e. The van der Waals surface area contributed by atoms with Crippen molar-refractivity contribution < 1.29 is 13.2 Å². The van der Waals surface area contributed by atoms with Crippen LogP contribution in [0.3, 0.4) is 0 Å². The lowest BCUT2D eigenvalue weighted by Gasteiger charge is -2.11. The predicted molar refractivity (Wildman–Crippen MR) is 162 cm³/mol. The van der Waals surface area contributed by atoms with Crippen LogP contribution in [0.2, 0.25) is 0 Å². The van der Waals surface area contributed by atoms with E-state index >= 15 is 0 Å². The molecule has 3 N–H and O–H groups in total. The van der Waals surface area contributed by atoms with Gasteiger partial charge in [0.15, 0.2) is 0 Å². The average Bonchev–Trinajstić information content (AvgIpc) is 3.35. The van der Waals surface area contributed by atoms with Crippen molar-refractivity contribution in [2.75, 3.05) is 7.11 Å². The first-order chi connectivity index (χ1) is 19.8. The molecule has 0 atom stereocenters. The molecule has 0 fully saturated rings. The average molecular weight is 557 g/mol. The van der Waals surface area contributed by atoms with Crippen molar-refractivity contribution in [1.29, 1.82) is 10.7 Å². The summed E-state index contributed by atoms with van der Waals surface area (Å²) in [5.41, 5.74) is 11.3. The van der Waals surface area contributed by atoms with Crippen molar-refractivity contribution >= 4 is 37.7 Å². The van der Waals surface area contributed by atoms with E-state index in [1.54, 1.807) is 42.5 Å². The maximum atomic E-state index is 14.1. The molecule has 1 heterocycles. The van der Waals surface area contributed by atoms with Gasteiger partial charge in [-0.25, -0.2) is 12.4 Å². The second-order valence-corrected chi connectivity index (χ2v) is 11.4. The van der Waals surface area contributed by atoms with Crippen molar-refractivity contribution in [3.63, 3.8) is 0 Å². The SMILES string of the molecule is COc1cccc(S(=O)(=O)n2c3ccc(-c4cccc(C#N)c4)cc3c3cc(-c4cccc(C(=N)N)c4)ccc32)c1. The van der Waals surface area contributed by atoms with Crippen molar-refractivity contribution in [2.24, 2.45) is 5.73 Å². The summed E-state index contributed by atoms with van der Waals surface area (Å²) in [6.45, 7) is 0. The van der Waals surface area contributed by atoms with Gasteiger partial charge in [-0.2, -0.15) is 5.26 Å². The fourth-order valence-electron chi connectivity index (χ4n) is 5.11. The number of hydrogen-bond donors (Lipinski definition) is 2. The van der Waals surface area contributed by atoms with Gasteiger partial charge in [-0.1, -0.05) is 48.5 Å². The number of nitrogens with one attached hydrogen (secondary N) is 1. The van der Waals surface area contributed by atoms with Crippen LogP contribution >= 0.6 is 0 Å². The molecule has 0 saturated carbocycles. The first-order valence-electron chi connectivity index (χ1n) is 12.7. The quantitative estimate of drug-likeness (QED) is 0.178. The van der Waals surface area contributed by atoms with Gasteiger partial charge in [0, 0.05) is 22.4 Å². The third-order valence-corrected chi connectivity index (χ3v) is 8.86. The zero-order valence-corrected chi connectivity index (χ0v) is 22.8. The molecule has 0 aliphatic rings. The summed E-state index contributed by atoms with van der Waals surface area (Å²) in [4.78, 5) is 0.111. The zero-order valence-electron chi connectivity index (χ0n) is 22.0. The summed E-state index contributed by atoms with van der Waals surface area (Å²) in [6.07, 6.45) is 0. The highest BCUT2D eigenvalue weighted by Crippen LogP contribution is 2.38. The molecule has 0 spiro atoms. The van der Waals surface area contributed by atoms with Gasteiger partial charge < -0.3 is 10.5 Å². The van der Waals surface area contributed by atoms with Gasteiger partial charge >= 0.3 is 0 Å². The number of benzene rings is 5. The Hall–Kier alpha value is -5.39. The molecule has 0 amide bonds. The summed E-state index contributed by atoms with van der Waals surface area (Å²) in [7, 11) is -2.52. The van der Waals surface area contributed by atoms with E-state index in [2.05, 4.69) is 6.07 Å². The maximum absolute atomic E-state index is 14.1. The summed E-state index contributed by atoms with van der Waals surface area (Å²) < 4.78 is 34.9. The van der Waals surface area contributed by atoms with Gasteiger partial charge in [0.25, 0.3) is 10.0 Å². The molecule has 0 radical (unpaired) electrons. The Bertz CT molecular complexity index is 2160. The molecular formula is C33H24N4O3S. The van der Waals surface area contributed by atoms with Gasteiger partial charge in [0.1, 0.15) is 11.6 Å². The van der Waals surface area contributed by atoms with E-state index in [-0.39, 0.29) is 10.7 Å². The van der Waals surface area contributed by atoms with Crippen LogP contribution in [0.1, 0.15) is 11.1 Å². The highest BCUT2D eigenvalue weighted by atomic mass is 32.2. The van der Waals surface area contributed by atoms with Crippen molar-refractivity contribution in [2.45, 2.75) is 4.90 Å². The second-order valence-electron chi connectivity index (χ2n) is 9.60. The molecule has 8 heteroatoms. The van der Waals surface area contributed by atoms with Crippen LogP contribution in [0.15, 0.2) is 114 Å². The summed E-state index contributed by atoms with van der Waals surface area (Å²) >= 11 is 0. The van der Waals surface area contributed by atoms with Crippen LogP contribution in [0.25, 0.3) is 44.1 Å². The number of nitrogens with zero attached hydrogens (tertiary/aromatic N) is 2. The van der Waals surface area contributed by atoms with Crippen molar-refractivity contribution in [1.82, 2.24) is 3.97 Å². The van der Waals surface area contributed by atoms with E-state index in [1.165, 1.54) is 17.1 Å². The van der Waals surface area contributed by atoms with E-state index in [9.17, 15) is 13.7 Å². The summed E-state index contributed by atoms with van der Waals surface area (Å²) in [5, 5.41) is 18.7. The molecule has 0 unspecified atom stereocenters. The van der Waals surface area contributed by atoms with E-state index in [4.69, 9.17) is 15.9 Å².